The summed E-state index contributed by atoms with van der Waals surface area (Å²) in [5.41, 5.74) is 1.45. The Balaban J connectivity index is 2.15. The Hall–Kier alpha value is -2.46. The monoisotopic (exact) mass is 365 g/mol. The van der Waals surface area contributed by atoms with Crippen molar-refractivity contribution in [2.24, 2.45) is 7.05 Å². The lowest BCUT2D eigenvalue weighted by atomic mass is 9.99. The van der Waals surface area contributed by atoms with Crippen LogP contribution in [0.5, 0.6) is 0 Å². The quantitative estimate of drug-likeness (QED) is 0.592. The van der Waals surface area contributed by atoms with Crippen LogP contribution in [0.25, 0.3) is 0 Å². The minimum absolute atomic E-state index is 0.0274. The molecule has 10 heteroatoms. The van der Waals surface area contributed by atoms with Crippen LogP contribution in [0.15, 0.2) is 35.4 Å². The highest BCUT2D eigenvalue weighted by atomic mass is 32.2. The number of fused-ring (bicyclic) bond motifs is 1. The number of aryl methyl sites for hydroxylation is 1. The van der Waals surface area contributed by atoms with Gasteiger partial charge in [-0.3, -0.25) is 4.31 Å². The number of hydrogen-bond acceptors (Lipinski definition) is 6. The number of benzene rings is 1. The van der Waals surface area contributed by atoms with Crippen molar-refractivity contribution in [2.45, 2.75) is 17.4 Å². The molecule has 3 rings (SSSR count). The second-order valence-corrected chi connectivity index (χ2v) is 8.06. The van der Waals surface area contributed by atoms with Gasteiger partial charge in [0.2, 0.25) is 4.90 Å². The molecule has 2 aromatic rings. The normalized spacial score (nSPS) is 17.6. The predicted molar refractivity (Wildman–Crippen MR) is 92.0 cm³/mol. The van der Waals surface area contributed by atoms with Gasteiger partial charge < -0.3 is 15.0 Å². The molecule has 0 bridgehead atoms. The molecule has 1 aromatic carbocycles. The summed E-state index contributed by atoms with van der Waals surface area (Å²) in [5.74, 6) is -0.660. The van der Waals surface area contributed by atoms with Gasteiger partial charge in [-0.05, 0) is 37.1 Å². The summed E-state index contributed by atoms with van der Waals surface area (Å²) in [5, 5.41) is 14.9. The topological polar surface area (TPSA) is 102 Å². The van der Waals surface area contributed by atoms with E-state index in [-0.39, 0.29) is 12.6 Å². The van der Waals surface area contributed by atoms with E-state index in [1.54, 1.807) is 12.1 Å². The van der Waals surface area contributed by atoms with Gasteiger partial charge >= 0.3 is 5.82 Å². The van der Waals surface area contributed by atoms with Crippen molar-refractivity contribution >= 4 is 21.5 Å². The maximum atomic E-state index is 13.2. The smallest absolute Gasteiger partial charge is 0.358 e. The number of sulfonamides is 1. The standard InChI is InChI=1S/C15H19N5O4S/c1-17(2)12-8-11-6-4-5-7-13(11)19(9-12)25(23,24)14-10-18(3)16-15(14)20(21)22/h4-7,10,12H,8-9H2,1-3H3. The number of rotatable bonds is 4. The summed E-state index contributed by atoms with van der Waals surface area (Å²) >= 11 is 0. The van der Waals surface area contributed by atoms with E-state index in [1.165, 1.54) is 17.5 Å². The third-order valence-corrected chi connectivity index (χ3v) is 6.11. The van der Waals surface area contributed by atoms with Crippen LogP contribution in [0.1, 0.15) is 5.56 Å². The molecule has 0 spiro atoms. The third kappa shape index (κ3) is 2.98. The van der Waals surface area contributed by atoms with Gasteiger partial charge in [0.25, 0.3) is 10.0 Å². The number of anilines is 1. The van der Waals surface area contributed by atoms with Crippen LogP contribution in [0.2, 0.25) is 0 Å². The molecular formula is C15H19N5O4S. The van der Waals surface area contributed by atoms with Crippen LogP contribution in [-0.2, 0) is 23.5 Å². The highest BCUT2D eigenvalue weighted by Crippen LogP contribution is 2.35. The maximum absolute atomic E-state index is 13.2. The first-order chi connectivity index (χ1) is 11.7. The van der Waals surface area contributed by atoms with E-state index >= 15 is 0 Å². The first kappa shape index (κ1) is 17.4. The number of aromatic nitrogens is 2. The number of nitro groups is 1. The summed E-state index contributed by atoms with van der Waals surface area (Å²) in [4.78, 5) is 12.0. The highest BCUT2D eigenvalue weighted by molar-refractivity contribution is 7.93. The lowest BCUT2D eigenvalue weighted by molar-refractivity contribution is -0.392. The van der Waals surface area contributed by atoms with Crippen molar-refractivity contribution in [1.29, 1.82) is 0 Å². The Morgan fingerprint density at radius 1 is 1.32 bits per heavy atom. The largest absolute Gasteiger partial charge is 0.410 e. The summed E-state index contributed by atoms with van der Waals surface area (Å²) in [6.07, 6.45) is 1.89. The Labute approximate surface area is 145 Å². The molecule has 0 radical (unpaired) electrons. The van der Waals surface area contributed by atoms with Gasteiger partial charge in [-0.15, -0.1) is 0 Å². The Kier molecular flexibility index (Phi) is 4.25. The molecule has 1 aliphatic rings. The van der Waals surface area contributed by atoms with E-state index in [1.807, 2.05) is 31.1 Å². The lowest BCUT2D eigenvalue weighted by Crippen LogP contribution is -2.48. The zero-order valence-corrected chi connectivity index (χ0v) is 15.0. The van der Waals surface area contributed by atoms with Crippen LogP contribution < -0.4 is 4.31 Å². The fourth-order valence-corrected chi connectivity index (χ4v) is 4.67. The maximum Gasteiger partial charge on any atom is 0.410 e. The molecule has 0 N–H and O–H groups in total. The fourth-order valence-electron chi connectivity index (χ4n) is 2.99. The van der Waals surface area contributed by atoms with Crippen LogP contribution in [0.3, 0.4) is 0 Å². The summed E-state index contributed by atoms with van der Waals surface area (Å²) in [6.45, 7) is 0.221. The van der Waals surface area contributed by atoms with Crippen molar-refractivity contribution in [3.63, 3.8) is 0 Å². The number of hydrogen-bond donors (Lipinski definition) is 0. The average Bonchev–Trinajstić information content (AvgIpc) is 2.96. The zero-order chi connectivity index (χ0) is 18.4. The third-order valence-electron chi connectivity index (χ3n) is 4.34. The van der Waals surface area contributed by atoms with Crippen molar-refractivity contribution in [1.82, 2.24) is 14.7 Å². The van der Waals surface area contributed by atoms with E-state index in [9.17, 15) is 18.5 Å². The lowest BCUT2D eigenvalue weighted by Gasteiger charge is -2.37. The molecule has 1 atom stereocenters. The van der Waals surface area contributed by atoms with E-state index in [0.29, 0.717) is 12.1 Å². The molecule has 25 heavy (non-hydrogen) atoms. The minimum atomic E-state index is -4.12. The Bertz CT molecular complexity index is 922. The van der Waals surface area contributed by atoms with E-state index in [4.69, 9.17) is 0 Å². The average molecular weight is 365 g/mol. The van der Waals surface area contributed by atoms with Crippen LogP contribution in [0, 0.1) is 10.1 Å². The molecule has 9 nitrogen and oxygen atoms in total. The number of para-hydroxylation sites is 1. The summed E-state index contributed by atoms with van der Waals surface area (Å²) in [7, 11) is 1.11. The summed E-state index contributed by atoms with van der Waals surface area (Å²) in [6, 6.07) is 7.19. The molecule has 2 heterocycles. The van der Waals surface area contributed by atoms with Crippen molar-refractivity contribution < 1.29 is 13.3 Å². The van der Waals surface area contributed by atoms with E-state index in [0.717, 1.165) is 10.2 Å². The minimum Gasteiger partial charge on any atom is -0.358 e. The number of nitrogens with zero attached hydrogens (tertiary/aromatic N) is 5. The van der Waals surface area contributed by atoms with Gasteiger partial charge in [-0.1, -0.05) is 18.2 Å². The zero-order valence-electron chi connectivity index (χ0n) is 14.2. The first-order valence-electron chi connectivity index (χ1n) is 7.67. The Morgan fingerprint density at radius 3 is 2.64 bits per heavy atom. The molecule has 1 aromatic heterocycles. The molecular weight excluding hydrogens is 346 g/mol. The molecule has 0 amide bonds. The Morgan fingerprint density at radius 2 is 2.00 bits per heavy atom. The predicted octanol–water partition coefficient (Wildman–Crippen LogP) is 1.01. The van der Waals surface area contributed by atoms with Crippen molar-refractivity contribution in [3.8, 4) is 0 Å². The molecule has 0 fully saturated rings. The second kappa shape index (κ2) is 6.12. The van der Waals surface area contributed by atoms with Gasteiger partial charge in [0.15, 0.2) is 0 Å². The summed E-state index contributed by atoms with van der Waals surface area (Å²) < 4.78 is 28.8. The van der Waals surface area contributed by atoms with Crippen LogP contribution in [0.4, 0.5) is 11.5 Å². The molecule has 1 unspecified atom stereocenters. The van der Waals surface area contributed by atoms with Crippen molar-refractivity contribution in [2.75, 3.05) is 24.9 Å². The first-order valence-corrected chi connectivity index (χ1v) is 9.11. The second-order valence-electron chi connectivity index (χ2n) is 6.23. The van der Waals surface area contributed by atoms with E-state index < -0.39 is 25.7 Å². The highest BCUT2D eigenvalue weighted by Gasteiger charge is 2.39. The van der Waals surface area contributed by atoms with Gasteiger partial charge in [-0.25, -0.2) is 8.42 Å². The molecule has 0 saturated carbocycles. The molecule has 0 saturated heterocycles. The van der Waals surface area contributed by atoms with E-state index in [2.05, 4.69) is 5.10 Å². The van der Waals surface area contributed by atoms with Gasteiger partial charge in [-0.2, -0.15) is 4.68 Å². The number of likely N-dealkylation sites (N-methyl/N-ethyl adjacent to an activating group) is 1. The van der Waals surface area contributed by atoms with Gasteiger partial charge in [0.1, 0.15) is 0 Å². The fraction of sp³-hybridized carbons (Fsp3) is 0.400. The van der Waals surface area contributed by atoms with Crippen molar-refractivity contribution in [3.05, 3.63) is 46.1 Å². The van der Waals surface area contributed by atoms with Crippen LogP contribution in [-0.4, -0.2) is 54.7 Å². The SMILES string of the molecule is CN(C)C1Cc2ccccc2N(S(=O)(=O)c2cn(C)nc2[N+](=O)[O-])C1. The molecule has 134 valence electrons. The van der Waals surface area contributed by atoms with Gasteiger partial charge in [0.05, 0.1) is 30.6 Å². The molecule has 1 aliphatic heterocycles. The molecule has 0 aliphatic carbocycles. The van der Waals surface area contributed by atoms with Crippen LogP contribution >= 0.6 is 0 Å². The van der Waals surface area contributed by atoms with Gasteiger partial charge in [0, 0.05) is 6.04 Å².